The van der Waals surface area contributed by atoms with Crippen molar-refractivity contribution in [2.45, 2.75) is 47.0 Å². The van der Waals surface area contributed by atoms with Crippen LogP contribution in [0.25, 0.3) is 0 Å². The Morgan fingerprint density at radius 1 is 1.31 bits per heavy atom. The Kier molecular flexibility index (Phi) is 6.06. The Morgan fingerprint density at radius 2 is 1.92 bits per heavy atom. The summed E-state index contributed by atoms with van der Waals surface area (Å²) in [5, 5.41) is 3.37. The van der Waals surface area contributed by atoms with E-state index in [1.807, 2.05) is 0 Å². The van der Waals surface area contributed by atoms with Gasteiger partial charge in [-0.2, -0.15) is 0 Å². The van der Waals surface area contributed by atoms with E-state index in [-0.39, 0.29) is 0 Å². The maximum atomic E-state index is 3.94. The van der Waals surface area contributed by atoms with Gasteiger partial charge in [-0.05, 0) is 44.7 Å². The third-order valence-electron chi connectivity index (χ3n) is 2.46. The van der Waals surface area contributed by atoms with Gasteiger partial charge in [-0.1, -0.05) is 26.3 Å². The van der Waals surface area contributed by atoms with Gasteiger partial charge in [0.15, 0.2) is 0 Å². The number of rotatable bonds is 7. The molecule has 0 aromatic heterocycles. The largest absolute Gasteiger partial charge is 0.317 e. The van der Waals surface area contributed by atoms with Gasteiger partial charge in [0.1, 0.15) is 0 Å². The highest BCUT2D eigenvalue weighted by atomic mass is 14.8. The molecule has 0 aliphatic carbocycles. The molecule has 0 heterocycles. The normalized spacial score (nSPS) is 11.7. The van der Waals surface area contributed by atoms with E-state index < -0.39 is 0 Å². The van der Waals surface area contributed by atoms with Gasteiger partial charge >= 0.3 is 0 Å². The summed E-state index contributed by atoms with van der Waals surface area (Å²) in [6.45, 7) is 15.1. The number of nitrogens with one attached hydrogen (secondary N) is 1. The summed E-state index contributed by atoms with van der Waals surface area (Å²) in [5.74, 6) is 0. The standard InChI is InChI=1S/C12H25N/c1-6-13-10-9-12(4,5)8-7-11(2)3/h13H,2,6-10H2,1,3-5H3. The zero-order chi connectivity index (χ0) is 10.3. The van der Waals surface area contributed by atoms with Gasteiger partial charge in [0, 0.05) is 0 Å². The van der Waals surface area contributed by atoms with Gasteiger partial charge < -0.3 is 5.32 Å². The summed E-state index contributed by atoms with van der Waals surface area (Å²) in [6, 6.07) is 0. The second kappa shape index (κ2) is 6.20. The van der Waals surface area contributed by atoms with Gasteiger partial charge in [-0.3, -0.25) is 0 Å². The molecule has 1 heteroatoms. The summed E-state index contributed by atoms with van der Waals surface area (Å²) < 4.78 is 0. The maximum absolute atomic E-state index is 3.94. The topological polar surface area (TPSA) is 12.0 Å². The zero-order valence-corrected chi connectivity index (χ0v) is 9.74. The van der Waals surface area contributed by atoms with Gasteiger partial charge in [-0.15, -0.1) is 6.58 Å². The van der Waals surface area contributed by atoms with Crippen LogP contribution in [0.5, 0.6) is 0 Å². The lowest BCUT2D eigenvalue weighted by Crippen LogP contribution is -2.22. The molecule has 1 N–H and O–H groups in total. The van der Waals surface area contributed by atoms with Gasteiger partial charge in [0.2, 0.25) is 0 Å². The predicted octanol–water partition coefficient (Wildman–Crippen LogP) is 3.37. The molecule has 0 bridgehead atoms. The third-order valence-corrected chi connectivity index (χ3v) is 2.46. The van der Waals surface area contributed by atoms with Gasteiger partial charge in [0.25, 0.3) is 0 Å². The lowest BCUT2D eigenvalue weighted by atomic mass is 9.83. The lowest BCUT2D eigenvalue weighted by Gasteiger charge is -2.24. The first kappa shape index (κ1) is 12.7. The van der Waals surface area contributed by atoms with Crippen LogP contribution in [0.15, 0.2) is 12.2 Å². The highest BCUT2D eigenvalue weighted by Crippen LogP contribution is 2.27. The quantitative estimate of drug-likeness (QED) is 0.471. The Hall–Kier alpha value is -0.300. The minimum absolute atomic E-state index is 0.459. The Morgan fingerprint density at radius 3 is 2.38 bits per heavy atom. The molecule has 0 rings (SSSR count). The zero-order valence-electron chi connectivity index (χ0n) is 9.74. The van der Waals surface area contributed by atoms with Crippen LogP contribution in [0.4, 0.5) is 0 Å². The smallest absolute Gasteiger partial charge is 0.00439 e. The first-order valence-corrected chi connectivity index (χ1v) is 5.33. The molecular formula is C12H25N. The van der Waals surface area contributed by atoms with Gasteiger partial charge in [0.05, 0.1) is 0 Å². The molecule has 0 radical (unpaired) electrons. The molecule has 0 aliphatic heterocycles. The van der Waals surface area contributed by atoms with Crippen molar-refractivity contribution in [2.24, 2.45) is 5.41 Å². The highest BCUT2D eigenvalue weighted by Gasteiger charge is 2.16. The summed E-state index contributed by atoms with van der Waals surface area (Å²) in [5.41, 5.74) is 1.76. The van der Waals surface area contributed by atoms with Crippen LogP contribution < -0.4 is 5.32 Å². The van der Waals surface area contributed by atoms with Crippen molar-refractivity contribution in [3.63, 3.8) is 0 Å². The maximum Gasteiger partial charge on any atom is -0.00439 e. The highest BCUT2D eigenvalue weighted by molar-refractivity contribution is 4.89. The molecule has 0 amide bonds. The van der Waals surface area contributed by atoms with E-state index in [0.29, 0.717) is 5.41 Å². The van der Waals surface area contributed by atoms with Crippen molar-refractivity contribution >= 4 is 0 Å². The monoisotopic (exact) mass is 183 g/mol. The summed E-state index contributed by atoms with van der Waals surface area (Å²) in [6.07, 6.45) is 3.68. The molecule has 0 fully saturated rings. The van der Waals surface area contributed by atoms with E-state index in [9.17, 15) is 0 Å². The number of hydrogen-bond acceptors (Lipinski definition) is 1. The Labute approximate surface area is 83.6 Å². The van der Waals surface area contributed by atoms with E-state index in [0.717, 1.165) is 13.1 Å². The first-order chi connectivity index (χ1) is 5.98. The van der Waals surface area contributed by atoms with E-state index in [1.54, 1.807) is 0 Å². The molecule has 0 aromatic carbocycles. The van der Waals surface area contributed by atoms with E-state index in [2.05, 4.69) is 39.6 Å². The van der Waals surface area contributed by atoms with Crippen LogP contribution in [0.3, 0.4) is 0 Å². The van der Waals surface area contributed by atoms with Crippen LogP contribution in [0.2, 0.25) is 0 Å². The summed E-state index contributed by atoms with van der Waals surface area (Å²) in [7, 11) is 0. The molecule has 0 unspecified atom stereocenters. The second-order valence-corrected chi connectivity index (χ2v) is 4.72. The Bertz CT molecular complexity index is 147. The van der Waals surface area contributed by atoms with Crippen molar-refractivity contribution in [2.75, 3.05) is 13.1 Å². The van der Waals surface area contributed by atoms with Crippen LogP contribution >= 0.6 is 0 Å². The van der Waals surface area contributed by atoms with Crippen LogP contribution in [-0.4, -0.2) is 13.1 Å². The van der Waals surface area contributed by atoms with Crippen LogP contribution in [-0.2, 0) is 0 Å². The average molecular weight is 183 g/mol. The minimum Gasteiger partial charge on any atom is -0.317 e. The first-order valence-electron chi connectivity index (χ1n) is 5.33. The molecule has 1 nitrogen and oxygen atoms in total. The third kappa shape index (κ3) is 8.04. The molecule has 0 aromatic rings. The minimum atomic E-state index is 0.459. The van der Waals surface area contributed by atoms with Gasteiger partial charge in [-0.25, -0.2) is 0 Å². The van der Waals surface area contributed by atoms with E-state index >= 15 is 0 Å². The summed E-state index contributed by atoms with van der Waals surface area (Å²) in [4.78, 5) is 0. The van der Waals surface area contributed by atoms with Crippen molar-refractivity contribution in [3.8, 4) is 0 Å². The van der Waals surface area contributed by atoms with Crippen molar-refractivity contribution in [3.05, 3.63) is 12.2 Å². The van der Waals surface area contributed by atoms with Crippen molar-refractivity contribution < 1.29 is 0 Å². The van der Waals surface area contributed by atoms with Crippen molar-refractivity contribution in [1.82, 2.24) is 5.32 Å². The van der Waals surface area contributed by atoms with Crippen LogP contribution in [0, 0.1) is 5.41 Å². The van der Waals surface area contributed by atoms with E-state index in [4.69, 9.17) is 0 Å². The van der Waals surface area contributed by atoms with Crippen molar-refractivity contribution in [1.29, 1.82) is 0 Å². The average Bonchev–Trinajstić information content (AvgIpc) is 2.02. The summed E-state index contributed by atoms with van der Waals surface area (Å²) >= 11 is 0. The molecule has 0 saturated heterocycles. The number of allylic oxidation sites excluding steroid dienone is 1. The predicted molar refractivity (Wildman–Crippen MR) is 61.0 cm³/mol. The Balaban J connectivity index is 3.59. The second-order valence-electron chi connectivity index (χ2n) is 4.72. The van der Waals surface area contributed by atoms with Crippen LogP contribution in [0.1, 0.15) is 47.0 Å². The molecule has 0 spiro atoms. The molecule has 13 heavy (non-hydrogen) atoms. The lowest BCUT2D eigenvalue weighted by molar-refractivity contribution is 0.303. The molecule has 78 valence electrons. The fourth-order valence-electron chi connectivity index (χ4n) is 1.28. The SMILES string of the molecule is C=C(C)CCC(C)(C)CCNCC. The molecule has 0 aliphatic rings. The van der Waals surface area contributed by atoms with E-state index in [1.165, 1.54) is 24.8 Å². The molecule has 0 atom stereocenters. The molecular weight excluding hydrogens is 158 g/mol. The number of hydrogen-bond donors (Lipinski definition) is 1. The fraction of sp³-hybridized carbons (Fsp3) is 0.833. The molecule has 0 saturated carbocycles. The fourth-order valence-corrected chi connectivity index (χ4v) is 1.28.